The molecule has 0 spiro atoms. The molecular weight excluding hydrogens is 354 g/mol. The number of rotatable bonds is 3. The molecule has 3 heterocycles. The number of likely N-dealkylation sites (N-methyl/N-ethyl adjacent to an activating group) is 1. The van der Waals surface area contributed by atoms with Crippen LogP contribution in [0.5, 0.6) is 0 Å². The van der Waals surface area contributed by atoms with Crippen molar-refractivity contribution in [3.8, 4) is 0 Å². The number of carbonyl (C=O) groups is 2. The van der Waals surface area contributed by atoms with E-state index in [1.807, 2.05) is 53.4 Å². The Labute approximate surface area is 164 Å². The smallest absolute Gasteiger partial charge is 0.270 e. The van der Waals surface area contributed by atoms with Crippen LogP contribution < -0.4 is 0 Å². The van der Waals surface area contributed by atoms with Crippen LogP contribution in [-0.2, 0) is 15.1 Å². The molecule has 1 aromatic carbocycles. The van der Waals surface area contributed by atoms with Crippen LogP contribution in [0.15, 0.2) is 48.7 Å². The summed E-state index contributed by atoms with van der Waals surface area (Å²) in [5.41, 5.74) is 1.31. The van der Waals surface area contributed by atoms with Gasteiger partial charge in [0.05, 0.1) is 5.54 Å². The number of ether oxygens (including phenoxy) is 1. The van der Waals surface area contributed by atoms with Gasteiger partial charge in [0.25, 0.3) is 5.91 Å². The summed E-state index contributed by atoms with van der Waals surface area (Å²) in [5, 5.41) is 0. The molecule has 0 unspecified atom stereocenters. The Hall–Kier alpha value is -2.60. The first kappa shape index (κ1) is 17.5. The van der Waals surface area contributed by atoms with Crippen molar-refractivity contribution in [2.75, 3.05) is 26.7 Å². The number of fused-ring (bicyclic) bond motifs is 1. The molecule has 146 valence electrons. The molecule has 3 aliphatic rings. The van der Waals surface area contributed by atoms with Crippen molar-refractivity contribution in [3.63, 3.8) is 0 Å². The van der Waals surface area contributed by atoms with Gasteiger partial charge in [0.2, 0.25) is 5.91 Å². The van der Waals surface area contributed by atoms with Gasteiger partial charge in [-0.2, -0.15) is 0 Å². The molecule has 2 amide bonds. The lowest BCUT2D eigenvalue weighted by molar-refractivity contribution is -0.180. The maximum atomic E-state index is 13.2. The van der Waals surface area contributed by atoms with Crippen LogP contribution in [0.25, 0.3) is 0 Å². The molecule has 0 bridgehead atoms. The molecule has 1 aliphatic carbocycles. The minimum atomic E-state index is -0.522. The van der Waals surface area contributed by atoms with Crippen LogP contribution in [0.2, 0.25) is 0 Å². The molecule has 1 aromatic heterocycles. The molecule has 2 saturated heterocycles. The van der Waals surface area contributed by atoms with Gasteiger partial charge in [-0.3, -0.25) is 9.59 Å². The molecule has 28 heavy (non-hydrogen) atoms. The van der Waals surface area contributed by atoms with E-state index >= 15 is 0 Å². The van der Waals surface area contributed by atoms with Gasteiger partial charge in [-0.25, -0.2) is 0 Å². The first-order valence-corrected chi connectivity index (χ1v) is 10.0. The van der Waals surface area contributed by atoms with Gasteiger partial charge in [-0.05, 0) is 37.0 Å². The lowest BCUT2D eigenvalue weighted by atomic mass is 9.76. The first-order chi connectivity index (χ1) is 13.6. The molecule has 5 rings (SSSR count). The molecule has 6 nitrogen and oxygen atoms in total. The zero-order valence-corrected chi connectivity index (χ0v) is 16.1. The molecule has 0 radical (unpaired) electrons. The minimum absolute atomic E-state index is 0.0116. The Morgan fingerprint density at radius 3 is 2.68 bits per heavy atom. The quantitative estimate of drug-likeness (QED) is 0.823. The van der Waals surface area contributed by atoms with Crippen molar-refractivity contribution >= 4 is 11.8 Å². The molecule has 1 saturated carbocycles. The second-order valence-corrected chi connectivity index (χ2v) is 8.08. The van der Waals surface area contributed by atoms with E-state index in [1.165, 1.54) is 0 Å². The molecule has 0 N–H and O–H groups in total. The average Bonchev–Trinajstić information content (AvgIpc) is 3.47. The predicted octanol–water partition coefficient (Wildman–Crippen LogP) is 2.42. The summed E-state index contributed by atoms with van der Waals surface area (Å²) in [6, 6.07) is 14.4. The fourth-order valence-corrected chi connectivity index (χ4v) is 4.82. The van der Waals surface area contributed by atoms with Gasteiger partial charge in [0.1, 0.15) is 18.4 Å². The Morgan fingerprint density at radius 1 is 1.14 bits per heavy atom. The van der Waals surface area contributed by atoms with Gasteiger partial charge in [-0.15, -0.1) is 0 Å². The number of aromatic nitrogens is 1. The van der Waals surface area contributed by atoms with Crippen LogP contribution >= 0.6 is 0 Å². The van der Waals surface area contributed by atoms with E-state index in [-0.39, 0.29) is 24.5 Å². The van der Waals surface area contributed by atoms with Gasteiger partial charge in [0, 0.05) is 32.4 Å². The third-order valence-electron chi connectivity index (χ3n) is 6.56. The summed E-state index contributed by atoms with van der Waals surface area (Å²) in [6.45, 7) is 1.15. The highest BCUT2D eigenvalue weighted by Crippen LogP contribution is 2.43. The lowest BCUT2D eigenvalue weighted by Crippen LogP contribution is -2.67. The van der Waals surface area contributed by atoms with E-state index in [1.54, 1.807) is 0 Å². The van der Waals surface area contributed by atoms with E-state index in [9.17, 15) is 9.59 Å². The van der Waals surface area contributed by atoms with Crippen molar-refractivity contribution in [2.24, 2.45) is 0 Å². The average molecular weight is 379 g/mol. The summed E-state index contributed by atoms with van der Waals surface area (Å²) in [4.78, 5) is 29.4. The van der Waals surface area contributed by atoms with Crippen LogP contribution in [0.1, 0.15) is 41.4 Å². The van der Waals surface area contributed by atoms with Crippen LogP contribution in [0, 0.1) is 0 Å². The molecular formula is C22H25N3O3. The highest BCUT2D eigenvalue weighted by atomic mass is 16.5. The second-order valence-electron chi connectivity index (χ2n) is 8.08. The number of hydrogen-bond acceptors (Lipinski definition) is 3. The van der Waals surface area contributed by atoms with Crippen molar-refractivity contribution in [2.45, 2.75) is 36.9 Å². The second kappa shape index (κ2) is 6.48. The number of hydrogen-bond donors (Lipinski definition) is 0. The largest absolute Gasteiger partial charge is 0.364 e. The van der Waals surface area contributed by atoms with Gasteiger partial charge < -0.3 is 19.1 Å². The Kier molecular flexibility index (Phi) is 4.05. The monoisotopic (exact) mass is 379 g/mol. The highest BCUT2D eigenvalue weighted by molar-refractivity contribution is 5.93. The predicted molar refractivity (Wildman–Crippen MR) is 104 cm³/mol. The molecule has 2 aromatic rings. The Morgan fingerprint density at radius 2 is 1.93 bits per heavy atom. The molecule has 6 heteroatoms. The van der Waals surface area contributed by atoms with Crippen molar-refractivity contribution in [1.29, 1.82) is 0 Å². The lowest BCUT2D eigenvalue weighted by Gasteiger charge is -2.54. The number of nitrogens with zero attached hydrogens (tertiary/aromatic N) is 3. The van der Waals surface area contributed by atoms with E-state index in [0.29, 0.717) is 25.6 Å². The highest BCUT2D eigenvalue weighted by Gasteiger charge is 2.53. The van der Waals surface area contributed by atoms with E-state index in [4.69, 9.17) is 4.74 Å². The number of carbonyl (C=O) groups excluding carboxylic acids is 2. The van der Waals surface area contributed by atoms with E-state index in [0.717, 1.165) is 24.1 Å². The fourth-order valence-electron chi connectivity index (χ4n) is 4.82. The zero-order valence-electron chi connectivity index (χ0n) is 16.1. The maximum absolute atomic E-state index is 13.2. The molecule has 2 aliphatic heterocycles. The van der Waals surface area contributed by atoms with Crippen molar-refractivity contribution < 1.29 is 14.3 Å². The number of likely N-dealkylation sites (tertiary alicyclic amines) is 1. The molecule has 3 fully saturated rings. The zero-order chi connectivity index (χ0) is 19.3. The van der Waals surface area contributed by atoms with Crippen LogP contribution in [0.3, 0.4) is 0 Å². The number of piperidine rings is 1. The van der Waals surface area contributed by atoms with Crippen molar-refractivity contribution in [3.05, 3.63) is 59.9 Å². The molecule has 2 atom stereocenters. The number of amides is 2. The third-order valence-corrected chi connectivity index (χ3v) is 6.56. The Balaban J connectivity index is 1.45. The standard InChI is InChI=1S/C22H25N3O3/c1-23-20(26)15-28-19-14-24(13-11-22(19,23)16-6-3-2-4-7-16)21(27)18-8-5-12-25(18)17-9-10-17/h2-8,12,17,19H,9-11,13-15H2,1H3/t19-,22+/m1/s1. The van der Waals surface area contributed by atoms with Gasteiger partial charge >= 0.3 is 0 Å². The summed E-state index contributed by atoms with van der Waals surface area (Å²) >= 11 is 0. The topological polar surface area (TPSA) is 54.8 Å². The normalized spacial score (nSPS) is 27.6. The van der Waals surface area contributed by atoms with Crippen LogP contribution in [-0.4, -0.2) is 59.0 Å². The minimum Gasteiger partial charge on any atom is -0.364 e. The maximum Gasteiger partial charge on any atom is 0.270 e. The summed E-state index contributed by atoms with van der Waals surface area (Å²) in [5.74, 6) is 0.0456. The fraction of sp³-hybridized carbons (Fsp3) is 0.455. The summed E-state index contributed by atoms with van der Waals surface area (Å²) in [6.07, 6.45) is 4.72. The van der Waals surface area contributed by atoms with Crippen molar-refractivity contribution in [1.82, 2.24) is 14.4 Å². The van der Waals surface area contributed by atoms with E-state index < -0.39 is 5.54 Å². The number of morpholine rings is 1. The van der Waals surface area contributed by atoms with E-state index in [2.05, 4.69) is 16.7 Å². The number of benzene rings is 1. The Bertz CT molecular complexity index is 905. The summed E-state index contributed by atoms with van der Waals surface area (Å²) < 4.78 is 8.13. The van der Waals surface area contributed by atoms with Gasteiger partial charge in [0.15, 0.2) is 0 Å². The SMILES string of the molecule is CN1C(=O)CO[C@@H]2CN(C(=O)c3cccn3C3CC3)CC[C@]21c1ccccc1. The third kappa shape index (κ3) is 2.58. The first-order valence-electron chi connectivity index (χ1n) is 10.0. The van der Waals surface area contributed by atoms with Crippen LogP contribution in [0.4, 0.5) is 0 Å². The van der Waals surface area contributed by atoms with Gasteiger partial charge in [-0.1, -0.05) is 30.3 Å². The summed E-state index contributed by atoms with van der Waals surface area (Å²) in [7, 11) is 1.86.